The number of carbonyl (C=O) groups excluding carboxylic acids is 1. The number of ether oxygens (including phenoxy) is 1. The summed E-state index contributed by atoms with van der Waals surface area (Å²) in [7, 11) is 2.19. The first-order chi connectivity index (χ1) is 23.6. The van der Waals surface area contributed by atoms with E-state index in [9.17, 15) is 14.7 Å². The number of nitrogens with zero attached hydrogens (tertiary/aromatic N) is 3. The third kappa shape index (κ3) is 5.41. The zero-order valence-corrected chi connectivity index (χ0v) is 31.0. The van der Waals surface area contributed by atoms with Crippen molar-refractivity contribution in [2.45, 2.75) is 130 Å². The lowest BCUT2D eigenvalue weighted by molar-refractivity contribution is -0.197. The van der Waals surface area contributed by atoms with Gasteiger partial charge in [0.05, 0.1) is 23.3 Å². The number of likely N-dealkylation sites (N-methyl/N-ethyl adjacent to an activating group) is 1. The number of carboxylic acids is 1. The Bertz CT molecular complexity index is 1410. The zero-order chi connectivity index (χ0) is 34.6. The van der Waals surface area contributed by atoms with Crippen molar-refractivity contribution in [1.82, 2.24) is 14.8 Å². The Morgan fingerprint density at radius 2 is 2.00 bits per heavy atom. The number of allylic oxidation sites excluding steroid dienone is 1. The van der Waals surface area contributed by atoms with Gasteiger partial charge in [0, 0.05) is 31.2 Å². The Labute approximate surface area is 295 Å². The topological polar surface area (TPSA) is 83.0 Å². The Morgan fingerprint density at radius 3 is 2.71 bits per heavy atom. The lowest BCUT2D eigenvalue weighted by atomic mass is 9.41. The van der Waals surface area contributed by atoms with Crippen LogP contribution in [0.25, 0.3) is 0 Å². The van der Waals surface area contributed by atoms with E-state index in [-0.39, 0.29) is 30.0 Å². The fourth-order valence-corrected chi connectivity index (χ4v) is 12.8. The van der Waals surface area contributed by atoms with Crippen LogP contribution >= 0.6 is 0 Å². The number of fused-ring (bicyclic) bond motifs is 2. The second-order valence-corrected chi connectivity index (χ2v) is 17.5. The summed E-state index contributed by atoms with van der Waals surface area (Å²) in [5.41, 5.74) is 0.905. The molecule has 11 atom stereocenters. The second kappa shape index (κ2) is 13.8. The summed E-state index contributed by atoms with van der Waals surface area (Å²) >= 11 is 0. The Kier molecular flexibility index (Phi) is 9.95. The molecule has 270 valence electrons. The van der Waals surface area contributed by atoms with Gasteiger partial charge >= 0.3 is 5.97 Å². The summed E-state index contributed by atoms with van der Waals surface area (Å²) in [6, 6.07) is 4.45. The number of carbonyl (C=O) groups is 2. The predicted octanol–water partition coefficient (Wildman–Crippen LogP) is 7.78. The van der Waals surface area contributed by atoms with Crippen molar-refractivity contribution in [1.29, 1.82) is 0 Å². The van der Waals surface area contributed by atoms with E-state index in [1.54, 1.807) is 0 Å². The molecule has 8 unspecified atom stereocenters. The van der Waals surface area contributed by atoms with Crippen LogP contribution in [0.2, 0.25) is 0 Å². The first-order valence-corrected chi connectivity index (χ1v) is 20.1. The summed E-state index contributed by atoms with van der Waals surface area (Å²) in [5, 5.41) is 11.7. The van der Waals surface area contributed by atoms with E-state index in [1.807, 2.05) is 6.20 Å². The molecule has 7 rings (SSSR count). The summed E-state index contributed by atoms with van der Waals surface area (Å²) in [6.45, 7) is 13.9. The molecule has 1 aromatic heterocycles. The van der Waals surface area contributed by atoms with Crippen LogP contribution in [0.1, 0.15) is 116 Å². The molecule has 3 heterocycles. The van der Waals surface area contributed by atoms with Gasteiger partial charge < -0.3 is 14.6 Å². The van der Waals surface area contributed by atoms with E-state index in [4.69, 9.17) is 9.72 Å². The van der Waals surface area contributed by atoms with Crippen molar-refractivity contribution in [3.8, 4) is 0 Å². The Morgan fingerprint density at radius 1 is 1.20 bits per heavy atom. The number of hydrogen-bond acceptors (Lipinski definition) is 6. The van der Waals surface area contributed by atoms with Gasteiger partial charge in [0.1, 0.15) is 11.7 Å². The number of carboxylic acid groups (broad SMARTS) is 1. The molecule has 4 aliphatic carbocycles. The number of hydrogen-bond donors (Lipinski definition) is 1. The molecule has 1 aromatic rings. The maximum Gasteiger partial charge on any atom is 0.315 e. The van der Waals surface area contributed by atoms with Crippen LogP contribution in [0.4, 0.5) is 0 Å². The minimum Gasteiger partial charge on any atom is -0.481 e. The van der Waals surface area contributed by atoms with E-state index in [2.05, 4.69) is 62.8 Å². The molecule has 0 aromatic carbocycles. The minimum atomic E-state index is -1.17. The average Bonchev–Trinajstić information content (AvgIpc) is 3.80. The molecule has 2 aliphatic heterocycles. The van der Waals surface area contributed by atoms with Gasteiger partial charge in [-0.05, 0) is 125 Å². The minimum absolute atomic E-state index is 0.0368. The third-order valence-corrected chi connectivity index (χ3v) is 15.1. The summed E-state index contributed by atoms with van der Waals surface area (Å²) in [5.74, 6) is 0.881. The summed E-state index contributed by atoms with van der Waals surface area (Å²) in [6.07, 6.45) is 18.1. The van der Waals surface area contributed by atoms with Crippen molar-refractivity contribution < 1.29 is 19.4 Å². The SMILES string of the molecule is CCCCC1CC(C23C[C@@H]4[C@H](C)CC[C@H]4C4(C=O)CC2C=C(C(C)CC)C34C(=O)O)OC1CN(C)Cc1cc(CN2CCCCC2)ccn1. The van der Waals surface area contributed by atoms with Crippen LogP contribution < -0.4 is 0 Å². The number of pyridine rings is 1. The average molecular weight is 674 g/mol. The van der Waals surface area contributed by atoms with Crippen LogP contribution in [0.5, 0.6) is 0 Å². The molecule has 5 fully saturated rings. The van der Waals surface area contributed by atoms with Crippen molar-refractivity contribution >= 4 is 12.3 Å². The highest BCUT2D eigenvalue weighted by Gasteiger charge is 2.86. The van der Waals surface area contributed by atoms with Crippen LogP contribution in [-0.4, -0.2) is 71.0 Å². The van der Waals surface area contributed by atoms with E-state index in [0.717, 1.165) is 82.3 Å². The van der Waals surface area contributed by atoms with Crippen molar-refractivity contribution in [3.05, 3.63) is 41.2 Å². The molecule has 3 saturated carbocycles. The van der Waals surface area contributed by atoms with Gasteiger partial charge in [0.25, 0.3) is 0 Å². The number of unbranched alkanes of at least 4 members (excludes halogenated alkanes) is 1. The summed E-state index contributed by atoms with van der Waals surface area (Å²) in [4.78, 5) is 37.6. The molecule has 7 nitrogen and oxygen atoms in total. The van der Waals surface area contributed by atoms with E-state index >= 15 is 0 Å². The summed E-state index contributed by atoms with van der Waals surface area (Å²) < 4.78 is 7.37. The number of aromatic nitrogens is 1. The maximum absolute atomic E-state index is 14.2. The highest BCUT2D eigenvalue weighted by atomic mass is 16.5. The van der Waals surface area contributed by atoms with Crippen molar-refractivity contribution in [2.75, 3.05) is 26.7 Å². The molecule has 0 radical (unpaired) electrons. The molecule has 6 aliphatic rings. The fraction of sp³-hybridized carbons (Fsp3) is 0.786. The highest BCUT2D eigenvalue weighted by Crippen LogP contribution is 2.84. The number of piperidine rings is 1. The molecule has 0 spiro atoms. The standard InChI is InChI=1S/C42H63N3O4/c1-6-8-12-31-20-38(49-37(31)26-44(5)25-33-19-30(15-16-43-33)24-45-17-10-9-11-18-45)41-23-34-29(4)13-14-35(34)40(27-46)22-32(41)21-36(28(3)7-2)42(40,41)39(47)48/h15-16,19,21,27-29,31-32,34-35,37-38H,6-14,17-18,20,22-26H2,1-5H3,(H,47,48)/t28?,29-,31?,32?,34-,35-,37?,38?,40?,41?,42?/m1/s1. The van der Waals surface area contributed by atoms with Gasteiger partial charge in [-0.3, -0.25) is 19.6 Å². The Balaban J connectivity index is 1.18. The van der Waals surface area contributed by atoms with Gasteiger partial charge in [-0.2, -0.15) is 0 Å². The second-order valence-electron chi connectivity index (χ2n) is 17.5. The first-order valence-electron chi connectivity index (χ1n) is 20.1. The van der Waals surface area contributed by atoms with E-state index in [1.165, 1.54) is 44.2 Å². The lowest BCUT2D eigenvalue weighted by Crippen LogP contribution is -2.65. The number of rotatable bonds is 14. The number of aliphatic carboxylic acids is 1. The molecular formula is C42H63N3O4. The molecule has 1 N–H and O–H groups in total. The first kappa shape index (κ1) is 35.3. The molecule has 2 saturated heterocycles. The van der Waals surface area contributed by atoms with Crippen LogP contribution in [-0.2, 0) is 27.4 Å². The predicted molar refractivity (Wildman–Crippen MR) is 193 cm³/mol. The van der Waals surface area contributed by atoms with Crippen molar-refractivity contribution in [3.63, 3.8) is 0 Å². The van der Waals surface area contributed by atoms with Gasteiger partial charge in [0.15, 0.2) is 0 Å². The van der Waals surface area contributed by atoms with Crippen LogP contribution in [0.3, 0.4) is 0 Å². The largest absolute Gasteiger partial charge is 0.481 e. The maximum atomic E-state index is 14.2. The normalized spacial score (nSPS) is 40.4. The Hall–Kier alpha value is -2.09. The van der Waals surface area contributed by atoms with Crippen LogP contribution in [0.15, 0.2) is 30.0 Å². The number of likely N-dealkylation sites (tertiary alicyclic amines) is 1. The van der Waals surface area contributed by atoms with Gasteiger partial charge in [0.2, 0.25) is 0 Å². The number of aldehydes is 1. The van der Waals surface area contributed by atoms with E-state index in [0.29, 0.717) is 24.2 Å². The van der Waals surface area contributed by atoms with Crippen LogP contribution in [0, 0.1) is 51.8 Å². The third-order valence-electron chi connectivity index (χ3n) is 15.1. The zero-order valence-electron chi connectivity index (χ0n) is 31.0. The molecule has 0 amide bonds. The van der Waals surface area contributed by atoms with Crippen molar-refractivity contribution in [2.24, 2.45) is 51.8 Å². The molecule has 4 bridgehead atoms. The quantitative estimate of drug-likeness (QED) is 0.160. The molecule has 49 heavy (non-hydrogen) atoms. The van der Waals surface area contributed by atoms with Gasteiger partial charge in [-0.1, -0.05) is 65.0 Å². The van der Waals surface area contributed by atoms with Gasteiger partial charge in [-0.25, -0.2) is 0 Å². The van der Waals surface area contributed by atoms with E-state index < -0.39 is 22.2 Å². The fourth-order valence-electron chi connectivity index (χ4n) is 12.8. The smallest absolute Gasteiger partial charge is 0.315 e. The van der Waals surface area contributed by atoms with Gasteiger partial charge in [-0.15, -0.1) is 0 Å². The lowest BCUT2D eigenvalue weighted by Gasteiger charge is -2.60. The monoisotopic (exact) mass is 673 g/mol. The molecular weight excluding hydrogens is 610 g/mol. The highest BCUT2D eigenvalue weighted by molar-refractivity contribution is 5.90. The molecule has 7 heteroatoms.